The maximum absolute atomic E-state index is 12.7. The zero-order valence-corrected chi connectivity index (χ0v) is 8.37. The monoisotopic (exact) mass is 206 g/mol. The summed E-state index contributed by atoms with van der Waals surface area (Å²) in [6, 6.07) is 6.02. The van der Waals surface area contributed by atoms with E-state index in [0.29, 0.717) is 12.0 Å². The number of allylic oxidation sites excluding steroid dienone is 1. The number of hydrogen-bond acceptors (Lipinski definition) is 2. The third-order valence-electron chi connectivity index (χ3n) is 2.46. The van der Waals surface area contributed by atoms with Gasteiger partial charge in [0.1, 0.15) is 11.9 Å². The van der Waals surface area contributed by atoms with Gasteiger partial charge in [0.25, 0.3) is 0 Å². The Bertz CT molecular complexity index is 406. The predicted octanol–water partition coefficient (Wildman–Crippen LogP) is 2.76. The molecule has 1 aromatic carbocycles. The van der Waals surface area contributed by atoms with E-state index >= 15 is 0 Å². The number of rotatable bonds is 1. The van der Waals surface area contributed by atoms with Crippen LogP contribution < -0.4 is 0 Å². The standard InChI is InChI=1S/C12H11FO2/c1-8-7-15-12(6-11(8)14)9-2-4-10(13)5-3-9/h2-5,7,12H,6H2,1H3. The summed E-state index contributed by atoms with van der Waals surface area (Å²) in [6.07, 6.45) is 1.52. The highest BCUT2D eigenvalue weighted by Crippen LogP contribution is 2.27. The topological polar surface area (TPSA) is 26.3 Å². The Morgan fingerprint density at radius 3 is 2.60 bits per heavy atom. The fourth-order valence-corrected chi connectivity index (χ4v) is 1.50. The first-order valence-electron chi connectivity index (χ1n) is 4.78. The molecule has 1 unspecified atom stereocenters. The van der Waals surface area contributed by atoms with Crippen LogP contribution in [0.4, 0.5) is 4.39 Å². The average molecular weight is 206 g/mol. The van der Waals surface area contributed by atoms with Crippen molar-refractivity contribution in [1.82, 2.24) is 0 Å². The molecule has 0 aromatic heterocycles. The minimum absolute atomic E-state index is 0.0792. The van der Waals surface area contributed by atoms with Crippen molar-refractivity contribution in [3.8, 4) is 0 Å². The lowest BCUT2D eigenvalue weighted by molar-refractivity contribution is -0.119. The highest BCUT2D eigenvalue weighted by Gasteiger charge is 2.21. The predicted molar refractivity (Wildman–Crippen MR) is 53.6 cm³/mol. The summed E-state index contributed by atoms with van der Waals surface area (Å²) in [4.78, 5) is 11.4. The molecular weight excluding hydrogens is 195 g/mol. The van der Waals surface area contributed by atoms with Gasteiger partial charge in [0.15, 0.2) is 5.78 Å². The van der Waals surface area contributed by atoms with E-state index < -0.39 is 0 Å². The van der Waals surface area contributed by atoms with E-state index in [2.05, 4.69) is 0 Å². The average Bonchev–Trinajstić information content (AvgIpc) is 2.23. The van der Waals surface area contributed by atoms with Crippen molar-refractivity contribution in [1.29, 1.82) is 0 Å². The number of ketones is 1. The van der Waals surface area contributed by atoms with Crippen molar-refractivity contribution in [3.63, 3.8) is 0 Å². The fourth-order valence-electron chi connectivity index (χ4n) is 1.50. The number of carbonyl (C=O) groups excluding carboxylic acids is 1. The van der Waals surface area contributed by atoms with Crippen LogP contribution in [0.3, 0.4) is 0 Å². The van der Waals surface area contributed by atoms with Crippen molar-refractivity contribution in [3.05, 3.63) is 47.5 Å². The van der Waals surface area contributed by atoms with E-state index in [9.17, 15) is 9.18 Å². The number of ether oxygens (including phenoxy) is 1. The first kappa shape index (κ1) is 9.90. The smallest absolute Gasteiger partial charge is 0.165 e. The molecule has 0 radical (unpaired) electrons. The first-order valence-corrected chi connectivity index (χ1v) is 4.78. The zero-order valence-electron chi connectivity index (χ0n) is 8.37. The molecule has 0 saturated carbocycles. The molecule has 2 nitrogen and oxygen atoms in total. The minimum atomic E-state index is -0.285. The SMILES string of the molecule is CC1=COC(c2ccc(F)cc2)CC1=O. The van der Waals surface area contributed by atoms with Crippen LogP contribution in [0.2, 0.25) is 0 Å². The van der Waals surface area contributed by atoms with Crippen molar-refractivity contribution >= 4 is 5.78 Å². The molecule has 1 atom stereocenters. The number of Topliss-reactive ketones (excluding diaryl/α,β-unsaturated/α-hetero) is 1. The van der Waals surface area contributed by atoms with Gasteiger partial charge in [-0.05, 0) is 24.6 Å². The molecule has 1 aromatic rings. The van der Waals surface area contributed by atoms with E-state index in [1.54, 1.807) is 19.1 Å². The molecule has 0 spiro atoms. The molecule has 0 amide bonds. The third-order valence-corrected chi connectivity index (χ3v) is 2.46. The molecule has 1 heterocycles. The Morgan fingerprint density at radius 2 is 2.00 bits per heavy atom. The van der Waals surface area contributed by atoms with Crippen LogP contribution in [0.25, 0.3) is 0 Å². The Hall–Kier alpha value is -1.64. The second-order valence-electron chi connectivity index (χ2n) is 3.60. The summed E-state index contributed by atoms with van der Waals surface area (Å²) < 4.78 is 18.1. The molecule has 0 aliphatic carbocycles. The molecule has 15 heavy (non-hydrogen) atoms. The summed E-state index contributed by atoms with van der Waals surface area (Å²) in [5.74, 6) is -0.205. The molecule has 3 heteroatoms. The lowest BCUT2D eigenvalue weighted by Gasteiger charge is -2.21. The number of carbonyl (C=O) groups is 1. The summed E-state index contributed by atoms with van der Waals surface area (Å²) in [7, 11) is 0. The molecule has 1 aliphatic heterocycles. The van der Waals surface area contributed by atoms with Gasteiger partial charge in [-0.3, -0.25) is 4.79 Å². The molecule has 0 bridgehead atoms. The van der Waals surface area contributed by atoms with Crippen molar-refractivity contribution in [2.45, 2.75) is 19.4 Å². The number of benzene rings is 1. The van der Waals surface area contributed by atoms with Crippen LogP contribution in [-0.2, 0) is 9.53 Å². The van der Waals surface area contributed by atoms with Gasteiger partial charge in [-0.15, -0.1) is 0 Å². The second kappa shape index (κ2) is 3.85. The largest absolute Gasteiger partial charge is 0.492 e. The Balaban J connectivity index is 2.20. The highest BCUT2D eigenvalue weighted by molar-refractivity contribution is 5.95. The van der Waals surface area contributed by atoms with Crippen LogP contribution in [0.1, 0.15) is 25.0 Å². The molecule has 78 valence electrons. The fraction of sp³-hybridized carbons (Fsp3) is 0.250. The van der Waals surface area contributed by atoms with Crippen molar-refractivity contribution in [2.75, 3.05) is 0 Å². The van der Waals surface area contributed by atoms with Gasteiger partial charge in [-0.1, -0.05) is 12.1 Å². The van der Waals surface area contributed by atoms with Gasteiger partial charge in [-0.25, -0.2) is 4.39 Å². The minimum Gasteiger partial charge on any atom is -0.492 e. The lowest BCUT2D eigenvalue weighted by atomic mass is 9.99. The van der Waals surface area contributed by atoms with Crippen LogP contribution in [0, 0.1) is 5.82 Å². The van der Waals surface area contributed by atoms with Crippen LogP contribution in [-0.4, -0.2) is 5.78 Å². The zero-order chi connectivity index (χ0) is 10.8. The molecule has 0 N–H and O–H groups in total. The normalized spacial score (nSPS) is 20.8. The lowest BCUT2D eigenvalue weighted by Crippen LogP contribution is -2.14. The number of halogens is 1. The van der Waals surface area contributed by atoms with Crippen LogP contribution in [0.5, 0.6) is 0 Å². The van der Waals surface area contributed by atoms with Crippen molar-refractivity contribution < 1.29 is 13.9 Å². The summed E-state index contributed by atoms with van der Waals surface area (Å²) in [5.41, 5.74) is 1.46. The first-order chi connectivity index (χ1) is 7.16. The summed E-state index contributed by atoms with van der Waals surface area (Å²) in [6.45, 7) is 1.73. The van der Waals surface area contributed by atoms with Gasteiger partial charge in [-0.2, -0.15) is 0 Å². The molecule has 2 rings (SSSR count). The second-order valence-corrected chi connectivity index (χ2v) is 3.60. The van der Waals surface area contributed by atoms with Gasteiger partial charge in [0.05, 0.1) is 12.7 Å². The van der Waals surface area contributed by atoms with E-state index in [1.807, 2.05) is 0 Å². The van der Waals surface area contributed by atoms with E-state index in [0.717, 1.165) is 5.56 Å². The number of hydrogen-bond donors (Lipinski definition) is 0. The summed E-state index contributed by atoms with van der Waals surface area (Å²) >= 11 is 0. The van der Waals surface area contributed by atoms with E-state index in [1.165, 1.54) is 18.4 Å². The molecule has 1 aliphatic rings. The Morgan fingerprint density at radius 1 is 1.33 bits per heavy atom. The van der Waals surface area contributed by atoms with Gasteiger partial charge >= 0.3 is 0 Å². The van der Waals surface area contributed by atoms with Gasteiger partial charge in [0.2, 0.25) is 0 Å². The summed E-state index contributed by atoms with van der Waals surface area (Å²) in [5, 5.41) is 0. The van der Waals surface area contributed by atoms with Gasteiger partial charge in [0, 0.05) is 5.57 Å². The molecule has 0 fully saturated rings. The highest BCUT2D eigenvalue weighted by atomic mass is 19.1. The van der Waals surface area contributed by atoms with Gasteiger partial charge < -0.3 is 4.74 Å². The maximum Gasteiger partial charge on any atom is 0.165 e. The Labute approximate surface area is 87.4 Å². The van der Waals surface area contributed by atoms with E-state index in [-0.39, 0.29) is 17.7 Å². The van der Waals surface area contributed by atoms with Crippen LogP contribution >= 0.6 is 0 Å². The Kier molecular flexibility index (Phi) is 2.54. The van der Waals surface area contributed by atoms with Crippen LogP contribution in [0.15, 0.2) is 36.1 Å². The van der Waals surface area contributed by atoms with Crippen molar-refractivity contribution in [2.24, 2.45) is 0 Å². The third kappa shape index (κ3) is 2.06. The molecule has 0 saturated heterocycles. The quantitative estimate of drug-likeness (QED) is 0.706. The maximum atomic E-state index is 12.7. The molecular formula is C12H11FO2. The van der Waals surface area contributed by atoms with E-state index in [4.69, 9.17) is 4.74 Å².